The molecule has 1 aromatic heterocycles. The van der Waals surface area contributed by atoms with Crippen LogP contribution in [0.2, 0.25) is 0 Å². The molecule has 1 heterocycles. The van der Waals surface area contributed by atoms with Gasteiger partial charge in [-0.05, 0) is 69.5 Å². The highest BCUT2D eigenvalue weighted by Gasteiger charge is 2.30. The third-order valence-corrected chi connectivity index (χ3v) is 5.23. The molecule has 1 N–H and O–H groups in total. The summed E-state index contributed by atoms with van der Waals surface area (Å²) in [5, 5.41) is 9.38. The number of aliphatic carboxylic acids is 1. The molecule has 0 saturated heterocycles. The summed E-state index contributed by atoms with van der Waals surface area (Å²) in [6, 6.07) is 15.4. The fraction of sp³-hybridized carbons (Fsp3) is 0.385. The molecule has 0 aliphatic rings. The number of aryl methyl sites for hydroxylation is 2. The molecule has 0 spiro atoms. The summed E-state index contributed by atoms with van der Waals surface area (Å²) >= 11 is 0. The predicted octanol–water partition coefficient (Wildman–Crippen LogP) is 5.86. The summed E-state index contributed by atoms with van der Waals surface area (Å²) in [6.45, 7) is 7.58. The number of benzene rings is 2. The van der Waals surface area contributed by atoms with E-state index in [1.165, 1.54) is 0 Å². The lowest BCUT2D eigenvalue weighted by atomic mass is 10.1. The quantitative estimate of drug-likeness (QED) is 0.405. The van der Waals surface area contributed by atoms with Crippen molar-refractivity contribution in [1.82, 2.24) is 4.98 Å². The first-order valence-electron chi connectivity index (χ1n) is 11.0. The Morgan fingerprint density at radius 3 is 2.56 bits per heavy atom. The predicted molar refractivity (Wildman–Crippen MR) is 123 cm³/mol. The van der Waals surface area contributed by atoms with Crippen molar-refractivity contribution in [2.45, 2.75) is 59.0 Å². The fourth-order valence-electron chi connectivity index (χ4n) is 3.26. The van der Waals surface area contributed by atoms with Crippen molar-refractivity contribution < 1.29 is 23.8 Å². The van der Waals surface area contributed by atoms with Gasteiger partial charge >= 0.3 is 5.97 Å². The molecule has 6 nitrogen and oxygen atoms in total. The first-order chi connectivity index (χ1) is 15.3. The Hall–Kier alpha value is -3.28. The molecule has 32 heavy (non-hydrogen) atoms. The smallest absolute Gasteiger partial charge is 0.347 e. The summed E-state index contributed by atoms with van der Waals surface area (Å²) in [5.74, 6) is 1.70. The van der Waals surface area contributed by atoms with Gasteiger partial charge in [-0.3, -0.25) is 0 Å². The molecule has 3 aromatic rings. The number of hydrogen-bond donors (Lipinski definition) is 1. The normalized spacial score (nSPS) is 11.4. The van der Waals surface area contributed by atoms with E-state index in [0.717, 1.165) is 47.6 Å². The lowest BCUT2D eigenvalue weighted by molar-refractivity contribution is -0.152. The maximum atomic E-state index is 11.5. The number of unbranched alkanes of at least 4 members (excludes halogenated alkanes) is 1. The Bertz CT molecular complexity index is 1040. The Balaban J connectivity index is 1.67. The molecule has 3 rings (SSSR count). The van der Waals surface area contributed by atoms with E-state index < -0.39 is 11.6 Å². The number of carboxylic acid groups (broad SMARTS) is 1. The average molecular weight is 438 g/mol. The summed E-state index contributed by atoms with van der Waals surface area (Å²) in [6.07, 6.45) is 3.42. The Morgan fingerprint density at radius 1 is 1.12 bits per heavy atom. The van der Waals surface area contributed by atoms with Crippen LogP contribution in [0.5, 0.6) is 11.5 Å². The third kappa shape index (κ3) is 5.90. The van der Waals surface area contributed by atoms with Crippen LogP contribution in [0, 0.1) is 6.92 Å². The Morgan fingerprint density at radius 2 is 1.88 bits per heavy atom. The van der Waals surface area contributed by atoms with E-state index in [2.05, 4.69) is 11.9 Å². The van der Waals surface area contributed by atoms with E-state index in [1.807, 2.05) is 49.4 Å². The van der Waals surface area contributed by atoms with E-state index in [-0.39, 0.29) is 0 Å². The highest BCUT2D eigenvalue weighted by molar-refractivity contribution is 5.76. The van der Waals surface area contributed by atoms with E-state index in [4.69, 9.17) is 13.9 Å². The van der Waals surface area contributed by atoms with Gasteiger partial charge in [-0.2, -0.15) is 0 Å². The maximum Gasteiger partial charge on any atom is 0.347 e. The lowest BCUT2D eigenvalue weighted by Crippen LogP contribution is -2.38. The van der Waals surface area contributed by atoms with Crippen molar-refractivity contribution >= 4 is 5.97 Å². The van der Waals surface area contributed by atoms with Gasteiger partial charge in [0.1, 0.15) is 17.3 Å². The van der Waals surface area contributed by atoms with E-state index >= 15 is 0 Å². The van der Waals surface area contributed by atoms with Crippen molar-refractivity contribution in [3.05, 3.63) is 65.5 Å². The van der Waals surface area contributed by atoms with Crippen molar-refractivity contribution in [2.75, 3.05) is 6.61 Å². The maximum absolute atomic E-state index is 11.5. The molecular weight excluding hydrogens is 406 g/mol. The zero-order valence-corrected chi connectivity index (χ0v) is 19.2. The molecule has 0 unspecified atom stereocenters. The standard InChI is InChI=1S/C26H31NO5/c1-5-6-10-20-17-21(13-14-23(20)32-26(3,4)25(28)29)30-16-15-22-18(2)31-24(27-22)19-11-8-7-9-12-19/h7-9,11-14,17H,5-6,10,15-16H2,1-4H3,(H,28,29). The van der Waals surface area contributed by atoms with E-state index in [1.54, 1.807) is 19.9 Å². The van der Waals surface area contributed by atoms with Crippen molar-refractivity contribution in [3.8, 4) is 23.0 Å². The highest BCUT2D eigenvalue weighted by Crippen LogP contribution is 2.29. The number of carbonyl (C=O) groups is 1. The number of oxazole rings is 1. The van der Waals surface area contributed by atoms with Crippen LogP contribution in [-0.2, 0) is 17.6 Å². The molecule has 0 atom stereocenters. The molecule has 0 bridgehead atoms. The first-order valence-corrected chi connectivity index (χ1v) is 11.0. The zero-order valence-electron chi connectivity index (χ0n) is 19.2. The average Bonchev–Trinajstić information content (AvgIpc) is 3.14. The lowest BCUT2D eigenvalue weighted by Gasteiger charge is -2.23. The Labute approximate surface area is 189 Å². The largest absolute Gasteiger partial charge is 0.493 e. The minimum atomic E-state index is -1.30. The number of rotatable bonds is 11. The van der Waals surface area contributed by atoms with Gasteiger partial charge in [0.25, 0.3) is 0 Å². The van der Waals surface area contributed by atoms with Crippen LogP contribution in [0.3, 0.4) is 0 Å². The van der Waals surface area contributed by atoms with Crippen LogP contribution < -0.4 is 9.47 Å². The number of carboxylic acids is 1. The summed E-state index contributed by atoms with van der Waals surface area (Å²) in [4.78, 5) is 16.1. The van der Waals surface area contributed by atoms with Gasteiger partial charge in [0.05, 0.1) is 12.3 Å². The van der Waals surface area contributed by atoms with Gasteiger partial charge in [0, 0.05) is 12.0 Å². The number of ether oxygens (including phenoxy) is 2. The van der Waals surface area contributed by atoms with Gasteiger partial charge in [0.15, 0.2) is 5.60 Å². The molecule has 6 heteroatoms. The number of nitrogens with zero attached hydrogens (tertiary/aromatic N) is 1. The van der Waals surface area contributed by atoms with Crippen molar-refractivity contribution in [1.29, 1.82) is 0 Å². The van der Waals surface area contributed by atoms with Crippen LogP contribution in [0.25, 0.3) is 11.5 Å². The minimum Gasteiger partial charge on any atom is -0.493 e. The molecular formula is C26H31NO5. The summed E-state index contributed by atoms with van der Waals surface area (Å²) < 4.78 is 17.6. The van der Waals surface area contributed by atoms with Crippen LogP contribution in [0.15, 0.2) is 52.9 Å². The topological polar surface area (TPSA) is 81.8 Å². The molecule has 0 fully saturated rings. The summed E-state index contributed by atoms with van der Waals surface area (Å²) in [5.41, 5.74) is 1.47. The number of hydrogen-bond acceptors (Lipinski definition) is 5. The minimum absolute atomic E-state index is 0.454. The van der Waals surface area contributed by atoms with Crippen LogP contribution in [-0.4, -0.2) is 28.3 Å². The monoisotopic (exact) mass is 437 g/mol. The SMILES string of the molecule is CCCCc1cc(OCCc2nc(-c3ccccc3)oc2C)ccc1OC(C)(C)C(=O)O. The van der Waals surface area contributed by atoms with Gasteiger partial charge < -0.3 is 19.0 Å². The Kier molecular flexibility index (Phi) is 7.57. The van der Waals surface area contributed by atoms with Crippen LogP contribution in [0.4, 0.5) is 0 Å². The fourth-order valence-corrected chi connectivity index (χ4v) is 3.26. The zero-order chi connectivity index (χ0) is 23.1. The molecule has 0 saturated carbocycles. The second-order valence-electron chi connectivity index (χ2n) is 8.28. The van der Waals surface area contributed by atoms with Gasteiger partial charge in [-0.1, -0.05) is 31.5 Å². The molecule has 0 radical (unpaired) electrons. The van der Waals surface area contributed by atoms with Crippen molar-refractivity contribution in [3.63, 3.8) is 0 Å². The molecule has 0 aliphatic heterocycles. The first kappa shape index (κ1) is 23.4. The third-order valence-electron chi connectivity index (χ3n) is 5.23. The van der Waals surface area contributed by atoms with E-state index in [9.17, 15) is 9.90 Å². The van der Waals surface area contributed by atoms with E-state index in [0.29, 0.717) is 24.7 Å². The number of aromatic nitrogens is 1. The van der Waals surface area contributed by atoms with Crippen LogP contribution in [0.1, 0.15) is 50.6 Å². The van der Waals surface area contributed by atoms with Crippen LogP contribution >= 0.6 is 0 Å². The second-order valence-corrected chi connectivity index (χ2v) is 8.28. The second kappa shape index (κ2) is 10.4. The van der Waals surface area contributed by atoms with Crippen molar-refractivity contribution in [2.24, 2.45) is 0 Å². The highest BCUT2D eigenvalue weighted by atomic mass is 16.5. The molecule has 170 valence electrons. The molecule has 0 amide bonds. The van der Waals surface area contributed by atoms with Gasteiger partial charge in [-0.15, -0.1) is 0 Å². The van der Waals surface area contributed by atoms with Gasteiger partial charge in [-0.25, -0.2) is 9.78 Å². The molecule has 2 aromatic carbocycles. The molecule has 0 aliphatic carbocycles. The van der Waals surface area contributed by atoms with Gasteiger partial charge in [0.2, 0.25) is 5.89 Å². The summed E-state index contributed by atoms with van der Waals surface area (Å²) in [7, 11) is 0.